The number of hydrogen-bond donors (Lipinski definition) is 1. The molecule has 5 nitrogen and oxygen atoms in total. The quantitative estimate of drug-likeness (QED) is 0.440. The van der Waals surface area contributed by atoms with E-state index in [1.165, 1.54) is 30.5 Å². The molecule has 1 amide bonds. The van der Waals surface area contributed by atoms with Crippen LogP contribution in [0.25, 0.3) is 17.4 Å². The molecule has 0 fully saturated rings. The van der Waals surface area contributed by atoms with E-state index in [1.54, 1.807) is 18.2 Å². The third-order valence-electron chi connectivity index (χ3n) is 3.84. The summed E-state index contributed by atoms with van der Waals surface area (Å²) in [5.41, 5.74) is -1.06. The summed E-state index contributed by atoms with van der Waals surface area (Å²) < 4.78 is 49.6. The Morgan fingerprint density at radius 2 is 2.03 bits per heavy atom. The summed E-state index contributed by atoms with van der Waals surface area (Å²) in [6.07, 6.45) is -1.96. The second kappa shape index (κ2) is 8.29. The molecule has 0 radical (unpaired) electrons. The minimum absolute atomic E-state index is 0.0965. The third kappa shape index (κ3) is 4.89. The van der Waals surface area contributed by atoms with Crippen LogP contribution in [0, 0.1) is 11.3 Å². The zero-order valence-electron chi connectivity index (χ0n) is 14.6. The number of benzene rings is 1. The molecule has 148 valence electrons. The van der Waals surface area contributed by atoms with E-state index in [9.17, 15) is 23.2 Å². The van der Waals surface area contributed by atoms with Crippen molar-refractivity contribution in [2.24, 2.45) is 0 Å². The average molecular weight is 421 g/mol. The van der Waals surface area contributed by atoms with Crippen molar-refractivity contribution >= 4 is 23.6 Å². The molecule has 2 heterocycles. The topological polar surface area (TPSA) is 79.2 Å². The van der Waals surface area contributed by atoms with Crippen LogP contribution < -0.4 is 5.32 Å². The Labute approximate surface area is 168 Å². The van der Waals surface area contributed by atoms with Crippen molar-refractivity contribution in [3.63, 3.8) is 0 Å². The van der Waals surface area contributed by atoms with E-state index < -0.39 is 22.7 Å². The van der Waals surface area contributed by atoms with Gasteiger partial charge in [0.15, 0.2) is 0 Å². The summed E-state index contributed by atoms with van der Waals surface area (Å²) >= 11 is 5.62. The lowest BCUT2D eigenvalue weighted by atomic mass is 10.1. The van der Waals surface area contributed by atoms with Gasteiger partial charge in [-0.05, 0) is 42.5 Å². The number of nitriles is 1. The molecular weight excluding hydrogens is 409 g/mol. The predicted octanol–water partition coefficient (Wildman–Crippen LogP) is 5.44. The highest BCUT2D eigenvalue weighted by Crippen LogP contribution is 2.37. The molecular formula is C20H12ClF3N2O3. The minimum Gasteiger partial charge on any atom is -0.467 e. The maximum Gasteiger partial charge on any atom is 0.417 e. The Hall–Kier alpha value is -3.44. The van der Waals surface area contributed by atoms with E-state index in [2.05, 4.69) is 5.32 Å². The second-order valence-electron chi connectivity index (χ2n) is 5.83. The Morgan fingerprint density at radius 3 is 2.69 bits per heavy atom. The highest BCUT2D eigenvalue weighted by atomic mass is 35.5. The zero-order valence-corrected chi connectivity index (χ0v) is 15.3. The van der Waals surface area contributed by atoms with Gasteiger partial charge in [-0.3, -0.25) is 4.79 Å². The maximum atomic E-state index is 13.0. The molecule has 0 aliphatic rings. The van der Waals surface area contributed by atoms with Gasteiger partial charge in [0.1, 0.15) is 28.9 Å². The fraction of sp³-hybridized carbons (Fsp3) is 0.100. The fourth-order valence-electron chi connectivity index (χ4n) is 2.45. The van der Waals surface area contributed by atoms with Gasteiger partial charge in [0, 0.05) is 11.6 Å². The number of halogens is 4. The van der Waals surface area contributed by atoms with Crippen molar-refractivity contribution in [2.75, 3.05) is 0 Å². The first-order valence-corrected chi connectivity index (χ1v) is 8.55. The van der Waals surface area contributed by atoms with Crippen molar-refractivity contribution in [3.8, 4) is 17.4 Å². The van der Waals surface area contributed by atoms with E-state index in [0.717, 1.165) is 12.1 Å². The van der Waals surface area contributed by atoms with Gasteiger partial charge in [0.2, 0.25) is 0 Å². The number of alkyl halides is 3. The van der Waals surface area contributed by atoms with Gasteiger partial charge in [-0.1, -0.05) is 11.6 Å². The summed E-state index contributed by atoms with van der Waals surface area (Å²) in [5, 5.41) is 11.3. The lowest BCUT2D eigenvalue weighted by molar-refractivity contribution is -0.137. The number of carbonyl (C=O) groups is 1. The molecule has 0 aliphatic carbocycles. The fourth-order valence-corrected chi connectivity index (χ4v) is 2.67. The van der Waals surface area contributed by atoms with Gasteiger partial charge in [0.25, 0.3) is 5.91 Å². The van der Waals surface area contributed by atoms with E-state index in [0.29, 0.717) is 5.76 Å². The van der Waals surface area contributed by atoms with Gasteiger partial charge in [-0.25, -0.2) is 0 Å². The van der Waals surface area contributed by atoms with Crippen LogP contribution in [0.3, 0.4) is 0 Å². The van der Waals surface area contributed by atoms with E-state index in [-0.39, 0.29) is 29.2 Å². The summed E-state index contributed by atoms with van der Waals surface area (Å²) in [6, 6.07) is 11.3. The minimum atomic E-state index is -4.61. The second-order valence-corrected chi connectivity index (χ2v) is 6.23. The first-order chi connectivity index (χ1) is 13.8. The zero-order chi connectivity index (χ0) is 21.0. The number of amides is 1. The molecule has 0 unspecified atom stereocenters. The van der Waals surface area contributed by atoms with Crippen LogP contribution in [0.15, 0.2) is 63.1 Å². The van der Waals surface area contributed by atoms with Gasteiger partial charge in [-0.2, -0.15) is 18.4 Å². The molecule has 0 atom stereocenters. The standard InChI is InChI=1S/C20H12ClF3N2O3/c21-17-5-3-12(9-16(17)20(22,23)24)18-6-4-14(29-18)8-13(10-25)19(27)26-11-15-2-1-7-28-15/h1-9H,11H2,(H,26,27)/b13-8+. The van der Waals surface area contributed by atoms with Crippen molar-refractivity contribution in [1.82, 2.24) is 5.32 Å². The normalized spacial score (nSPS) is 11.9. The SMILES string of the molecule is N#C/C(=C\c1ccc(-c2ccc(Cl)c(C(F)(F)F)c2)o1)C(=O)NCc1ccco1. The Morgan fingerprint density at radius 1 is 1.24 bits per heavy atom. The molecule has 3 aromatic rings. The smallest absolute Gasteiger partial charge is 0.417 e. The van der Waals surface area contributed by atoms with E-state index in [1.807, 2.05) is 0 Å². The van der Waals surface area contributed by atoms with Crippen LogP contribution in [0.1, 0.15) is 17.1 Å². The summed E-state index contributed by atoms with van der Waals surface area (Å²) in [4.78, 5) is 12.1. The van der Waals surface area contributed by atoms with Gasteiger partial charge in [0.05, 0.1) is 23.4 Å². The van der Waals surface area contributed by atoms with Crippen molar-refractivity contribution in [1.29, 1.82) is 5.26 Å². The first-order valence-electron chi connectivity index (χ1n) is 8.17. The number of rotatable bonds is 5. The maximum absolute atomic E-state index is 13.0. The summed E-state index contributed by atoms with van der Waals surface area (Å²) in [6.45, 7) is 0.0965. The molecule has 29 heavy (non-hydrogen) atoms. The average Bonchev–Trinajstić information content (AvgIpc) is 3.35. The molecule has 0 saturated heterocycles. The highest BCUT2D eigenvalue weighted by molar-refractivity contribution is 6.31. The molecule has 3 rings (SSSR count). The van der Waals surface area contributed by atoms with E-state index in [4.69, 9.17) is 20.4 Å². The van der Waals surface area contributed by atoms with Crippen LogP contribution in [-0.2, 0) is 17.5 Å². The molecule has 1 N–H and O–H groups in total. The number of furan rings is 2. The Balaban J connectivity index is 1.80. The van der Waals surface area contributed by atoms with Gasteiger partial charge < -0.3 is 14.2 Å². The number of nitrogens with zero attached hydrogens (tertiary/aromatic N) is 1. The molecule has 0 bridgehead atoms. The van der Waals surface area contributed by atoms with Gasteiger partial charge in [-0.15, -0.1) is 0 Å². The lowest BCUT2D eigenvalue weighted by Crippen LogP contribution is -2.23. The number of hydrogen-bond acceptors (Lipinski definition) is 4. The lowest BCUT2D eigenvalue weighted by Gasteiger charge is -2.09. The van der Waals surface area contributed by atoms with Gasteiger partial charge >= 0.3 is 6.18 Å². The first kappa shape index (κ1) is 20.3. The molecule has 2 aromatic heterocycles. The Bertz CT molecular complexity index is 1090. The monoisotopic (exact) mass is 420 g/mol. The van der Waals surface area contributed by atoms with Crippen LogP contribution >= 0.6 is 11.6 Å². The Kier molecular flexibility index (Phi) is 5.80. The number of nitrogens with one attached hydrogen (secondary N) is 1. The van der Waals surface area contributed by atoms with Crippen LogP contribution in [0.4, 0.5) is 13.2 Å². The predicted molar refractivity (Wildman–Crippen MR) is 98.3 cm³/mol. The largest absolute Gasteiger partial charge is 0.467 e. The van der Waals surface area contributed by atoms with Crippen LogP contribution in [0.2, 0.25) is 5.02 Å². The molecule has 0 aliphatic heterocycles. The van der Waals surface area contributed by atoms with Crippen molar-refractivity contribution in [2.45, 2.75) is 12.7 Å². The highest BCUT2D eigenvalue weighted by Gasteiger charge is 2.33. The van der Waals surface area contributed by atoms with Crippen LogP contribution in [0.5, 0.6) is 0 Å². The van der Waals surface area contributed by atoms with Crippen LogP contribution in [-0.4, -0.2) is 5.91 Å². The molecule has 0 spiro atoms. The molecule has 0 saturated carbocycles. The third-order valence-corrected chi connectivity index (χ3v) is 4.17. The molecule has 9 heteroatoms. The summed E-state index contributed by atoms with van der Waals surface area (Å²) in [7, 11) is 0. The van der Waals surface area contributed by atoms with Crippen molar-refractivity contribution < 1.29 is 26.8 Å². The van der Waals surface area contributed by atoms with Crippen molar-refractivity contribution in [3.05, 3.63) is 76.4 Å². The molecule has 1 aromatic carbocycles. The summed E-state index contributed by atoms with van der Waals surface area (Å²) in [5.74, 6) is 0.131. The van der Waals surface area contributed by atoms with E-state index >= 15 is 0 Å². The number of carbonyl (C=O) groups excluding carboxylic acids is 1.